The highest BCUT2D eigenvalue weighted by Gasteiger charge is 2.17. The van der Waals surface area contributed by atoms with Crippen molar-refractivity contribution < 1.29 is 19.2 Å². The normalized spacial score (nSPS) is 15.2. The molecule has 0 bridgehead atoms. The van der Waals surface area contributed by atoms with Gasteiger partial charge in [0, 0.05) is 17.8 Å². The third-order valence-corrected chi connectivity index (χ3v) is 4.90. The van der Waals surface area contributed by atoms with Crippen LogP contribution >= 0.6 is 0 Å². The van der Waals surface area contributed by atoms with E-state index in [1.807, 2.05) is 25.1 Å². The molecule has 0 radical (unpaired) electrons. The summed E-state index contributed by atoms with van der Waals surface area (Å²) in [5.74, 6) is 0.483. The lowest BCUT2D eigenvalue weighted by Gasteiger charge is -2.24. The van der Waals surface area contributed by atoms with Gasteiger partial charge in [0.2, 0.25) is 0 Å². The van der Waals surface area contributed by atoms with Crippen molar-refractivity contribution >= 4 is 11.6 Å². The van der Waals surface area contributed by atoms with E-state index in [2.05, 4.69) is 10.5 Å². The molecular formula is C21H27N4O4+. The minimum Gasteiger partial charge on any atom is -0.496 e. The molecule has 1 fully saturated rings. The van der Waals surface area contributed by atoms with Gasteiger partial charge in [0.25, 0.3) is 11.5 Å². The Kier molecular flexibility index (Phi) is 7.15. The van der Waals surface area contributed by atoms with Crippen molar-refractivity contribution in [3.8, 4) is 5.75 Å². The van der Waals surface area contributed by atoms with Crippen LogP contribution in [0.5, 0.6) is 5.75 Å². The largest absolute Gasteiger partial charge is 0.496 e. The van der Waals surface area contributed by atoms with E-state index in [9.17, 15) is 9.59 Å². The number of nitrogens with one attached hydrogen (secondary N) is 2. The molecule has 1 aromatic carbocycles. The summed E-state index contributed by atoms with van der Waals surface area (Å²) in [6, 6.07) is 10.7. The Morgan fingerprint density at radius 1 is 1.28 bits per heavy atom. The average Bonchev–Trinajstić information content (AvgIpc) is 2.74. The maximum Gasteiger partial charge on any atom is 0.260 e. The number of amides is 1. The van der Waals surface area contributed by atoms with Crippen LogP contribution < -0.4 is 20.6 Å². The van der Waals surface area contributed by atoms with Gasteiger partial charge in [-0.25, -0.2) is 5.43 Å². The van der Waals surface area contributed by atoms with Crippen LogP contribution in [-0.2, 0) is 22.6 Å². The van der Waals surface area contributed by atoms with E-state index in [1.165, 1.54) is 15.5 Å². The number of ether oxygens (including phenoxy) is 2. The number of nitrogens with zero attached hydrogens (tertiary/aromatic N) is 2. The van der Waals surface area contributed by atoms with Gasteiger partial charge < -0.3 is 18.9 Å². The van der Waals surface area contributed by atoms with Gasteiger partial charge in [-0.05, 0) is 36.8 Å². The molecule has 154 valence electrons. The maximum atomic E-state index is 12.1. The highest BCUT2D eigenvalue weighted by atomic mass is 16.5. The Morgan fingerprint density at radius 3 is 2.79 bits per heavy atom. The number of carbonyl (C=O) groups is 1. The summed E-state index contributed by atoms with van der Waals surface area (Å²) in [6.07, 6.45) is 1.57. The molecule has 0 aliphatic carbocycles. The second-order valence-electron chi connectivity index (χ2n) is 6.96. The van der Waals surface area contributed by atoms with E-state index >= 15 is 0 Å². The monoisotopic (exact) mass is 399 g/mol. The molecule has 0 saturated carbocycles. The molecule has 2 N–H and O–H groups in total. The Morgan fingerprint density at radius 2 is 2.07 bits per heavy atom. The van der Waals surface area contributed by atoms with E-state index in [1.54, 1.807) is 25.4 Å². The van der Waals surface area contributed by atoms with Crippen LogP contribution in [-0.4, -0.2) is 49.6 Å². The number of benzene rings is 1. The number of hydrazone groups is 1. The Labute approximate surface area is 169 Å². The molecule has 2 heterocycles. The molecule has 1 aliphatic heterocycles. The van der Waals surface area contributed by atoms with Crippen LogP contribution in [0.1, 0.15) is 18.1 Å². The summed E-state index contributed by atoms with van der Waals surface area (Å²) < 4.78 is 12.3. The molecule has 1 saturated heterocycles. The lowest BCUT2D eigenvalue weighted by Crippen LogP contribution is -3.12. The fraction of sp³-hybridized carbons (Fsp3) is 0.381. The molecule has 8 heteroatoms. The van der Waals surface area contributed by atoms with E-state index < -0.39 is 0 Å². The van der Waals surface area contributed by atoms with Gasteiger partial charge in [0.05, 0.1) is 26.0 Å². The fourth-order valence-corrected chi connectivity index (χ4v) is 3.24. The van der Waals surface area contributed by atoms with Crippen molar-refractivity contribution in [1.29, 1.82) is 0 Å². The number of pyridine rings is 1. The molecule has 29 heavy (non-hydrogen) atoms. The van der Waals surface area contributed by atoms with Gasteiger partial charge >= 0.3 is 0 Å². The van der Waals surface area contributed by atoms with Gasteiger partial charge in [-0.15, -0.1) is 0 Å². The summed E-state index contributed by atoms with van der Waals surface area (Å²) in [5, 5.41) is 4.20. The fourth-order valence-electron chi connectivity index (χ4n) is 3.24. The minimum absolute atomic E-state index is 0.0787. The van der Waals surface area contributed by atoms with E-state index in [-0.39, 0.29) is 18.0 Å². The maximum absolute atomic E-state index is 12.1. The second kappa shape index (κ2) is 9.99. The number of rotatable bonds is 7. The lowest BCUT2D eigenvalue weighted by molar-refractivity contribution is -0.921. The molecule has 8 nitrogen and oxygen atoms in total. The highest BCUT2D eigenvalue weighted by molar-refractivity contribution is 5.99. The van der Waals surface area contributed by atoms with Gasteiger partial charge in [-0.3, -0.25) is 9.59 Å². The number of aromatic nitrogens is 1. The third-order valence-electron chi connectivity index (χ3n) is 4.90. The van der Waals surface area contributed by atoms with Crippen molar-refractivity contribution in [1.82, 2.24) is 9.99 Å². The quantitative estimate of drug-likeness (QED) is 0.499. The molecule has 1 aliphatic rings. The van der Waals surface area contributed by atoms with Crippen LogP contribution in [0, 0.1) is 0 Å². The zero-order valence-corrected chi connectivity index (χ0v) is 16.8. The topological polar surface area (TPSA) is 86.4 Å². The molecule has 0 spiro atoms. The lowest BCUT2D eigenvalue weighted by atomic mass is 10.1. The molecule has 0 unspecified atom stereocenters. The van der Waals surface area contributed by atoms with E-state index in [4.69, 9.17) is 9.47 Å². The van der Waals surface area contributed by atoms with Crippen LogP contribution in [0.25, 0.3) is 0 Å². The Bertz CT molecular complexity index is 932. The first-order valence-electron chi connectivity index (χ1n) is 9.64. The Hall–Kier alpha value is -2.97. The van der Waals surface area contributed by atoms with Gasteiger partial charge in [0.1, 0.15) is 31.9 Å². The molecular weight excluding hydrogens is 372 g/mol. The summed E-state index contributed by atoms with van der Waals surface area (Å²) in [5.41, 5.74) is 4.98. The summed E-state index contributed by atoms with van der Waals surface area (Å²) in [7, 11) is 1.67. The number of quaternary nitrogens is 1. The SMILES string of the molecule is COc1ccc(/C(C)=N\NC(=O)Cn2ccccc2=O)cc1C[NH+]1CCOCC1. The van der Waals surface area contributed by atoms with Crippen molar-refractivity contribution in [2.45, 2.75) is 20.0 Å². The molecule has 1 amide bonds. The summed E-state index contributed by atoms with van der Waals surface area (Å²) in [4.78, 5) is 25.3. The minimum atomic E-state index is -0.357. The smallest absolute Gasteiger partial charge is 0.260 e. The summed E-state index contributed by atoms with van der Waals surface area (Å²) >= 11 is 0. The number of methoxy groups -OCH3 is 1. The van der Waals surface area contributed by atoms with Crippen LogP contribution in [0.4, 0.5) is 0 Å². The zero-order chi connectivity index (χ0) is 20.6. The Balaban J connectivity index is 1.68. The van der Waals surface area contributed by atoms with Crippen molar-refractivity contribution in [2.24, 2.45) is 5.10 Å². The van der Waals surface area contributed by atoms with Crippen LogP contribution in [0.2, 0.25) is 0 Å². The number of hydrogen-bond acceptors (Lipinski definition) is 5. The molecule has 1 aromatic heterocycles. The first kappa shape index (κ1) is 20.8. The summed E-state index contributed by atoms with van der Waals surface area (Å²) in [6.45, 7) is 6.08. The first-order valence-corrected chi connectivity index (χ1v) is 9.64. The van der Waals surface area contributed by atoms with Gasteiger partial charge in [-0.2, -0.15) is 5.10 Å². The highest BCUT2D eigenvalue weighted by Crippen LogP contribution is 2.19. The van der Waals surface area contributed by atoms with Crippen molar-refractivity contribution in [3.63, 3.8) is 0 Å². The molecule has 0 atom stereocenters. The van der Waals surface area contributed by atoms with Crippen molar-refractivity contribution in [2.75, 3.05) is 33.4 Å². The number of morpholine rings is 1. The van der Waals surface area contributed by atoms with Gasteiger partial charge in [0.15, 0.2) is 0 Å². The molecule has 3 rings (SSSR count). The van der Waals surface area contributed by atoms with Crippen LogP contribution in [0.3, 0.4) is 0 Å². The molecule has 2 aromatic rings. The van der Waals surface area contributed by atoms with Crippen LogP contribution in [0.15, 0.2) is 52.5 Å². The predicted molar refractivity (Wildman–Crippen MR) is 109 cm³/mol. The second-order valence-corrected chi connectivity index (χ2v) is 6.96. The van der Waals surface area contributed by atoms with E-state index in [0.717, 1.165) is 49.7 Å². The van der Waals surface area contributed by atoms with Crippen molar-refractivity contribution in [3.05, 3.63) is 64.1 Å². The van der Waals surface area contributed by atoms with Gasteiger partial charge in [-0.1, -0.05) is 6.07 Å². The zero-order valence-electron chi connectivity index (χ0n) is 16.8. The number of hydrogen-bond donors (Lipinski definition) is 2. The average molecular weight is 399 g/mol. The van der Waals surface area contributed by atoms with E-state index in [0.29, 0.717) is 5.71 Å². The first-order chi connectivity index (χ1) is 14.1. The number of carbonyl (C=O) groups excluding carboxylic acids is 1. The third kappa shape index (κ3) is 5.75. The standard InChI is InChI=1S/C21H26N4O4/c1-16(22-23-20(26)15-25-8-4-3-5-21(25)27)17-6-7-19(28-2)18(13-17)14-24-9-11-29-12-10-24/h3-8,13H,9-12,14-15H2,1-2H3,(H,23,26)/p+1/b22-16-. The predicted octanol–water partition coefficient (Wildman–Crippen LogP) is -0.188.